The second kappa shape index (κ2) is 8.89. The molecule has 1 rings (SSSR count). The van der Waals surface area contributed by atoms with Gasteiger partial charge in [0.2, 0.25) is 0 Å². The monoisotopic (exact) mass is 256 g/mol. The first-order chi connectivity index (χ1) is 8.61. The minimum Gasteiger partial charge on any atom is -0.380 e. The molecule has 0 spiro atoms. The molecular weight excluding hydrogens is 224 g/mol. The summed E-state index contributed by atoms with van der Waals surface area (Å²) in [6.45, 7) is 13.0. The molecule has 18 heavy (non-hydrogen) atoms. The summed E-state index contributed by atoms with van der Waals surface area (Å²) in [5.74, 6) is 0. The number of hydrogen-bond donors (Lipinski definition) is 1. The van der Waals surface area contributed by atoms with Crippen molar-refractivity contribution in [1.29, 1.82) is 0 Å². The summed E-state index contributed by atoms with van der Waals surface area (Å²) >= 11 is 0. The minimum atomic E-state index is 0.608. The summed E-state index contributed by atoms with van der Waals surface area (Å²) in [6, 6.07) is 2.06. The maximum absolute atomic E-state index is 5.72. The second-order valence-electron chi connectivity index (χ2n) is 5.97. The van der Waals surface area contributed by atoms with E-state index in [0.29, 0.717) is 12.1 Å². The molecule has 0 unspecified atom stereocenters. The van der Waals surface area contributed by atoms with E-state index in [2.05, 4.69) is 37.9 Å². The largest absolute Gasteiger partial charge is 0.380 e. The van der Waals surface area contributed by atoms with Crippen molar-refractivity contribution in [2.75, 3.05) is 26.3 Å². The number of rotatable bonds is 11. The molecule has 0 aromatic carbocycles. The summed E-state index contributed by atoms with van der Waals surface area (Å²) in [6.07, 6.45) is 5.20. The molecule has 0 amide bonds. The zero-order valence-corrected chi connectivity index (χ0v) is 12.7. The van der Waals surface area contributed by atoms with Crippen LogP contribution in [0, 0.1) is 0 Å². The highest BCUT2D eigenvalue weighted by Crippen LogP contribution is 2.18. The van der Waals surface area contributed by atoms with Crippen LogP contribution in [0.5, 0.6) is 0 Å². The van der Waals surface area contributed by atoms with Gasteiger partial charge in [0.15, 0.2) is 0 Å². The number of nitrogens with zero attached hydrogens (tertiary/aromatic N) is 1. The summed E-state index contributed by atoms with van der Waals surface area (Å²) < 4.78 is 5.72. The fraction of sp³-hybridized carbons (Fsp3) is 1.00. The first-order valence-corrected chi connectivity index (χ1v) is 7.68. The lowest BCUT2D eigenvalue weighted by Crippen LogP contribution is -2.39. The summed E-state index contributed by atoms with van der Waals surface area (Å²) in [5, 5.41) is 3.53. The Morgan fingerprint density at radius 1 is 1.06 bits per heavy atom. The van der Waals surface area contributed by atoms with Crippen LogP contribution in [0.3, 0.4) is 0 Å². The standard InChI is InChI=1S/C15H32N2O/c1-13(2)17(14(3)4)10-12-18-11-6-5-9-16-15-7-8-15/h13-16H,5-12H2,1-4H3. The highest BCUT2D eigenvalue weighted by atomic mass is 16.5. The first kappa shape index (κ1) is 15.9. The van der Waals surface area contributed by atoms with E-state index in [1.807, 2.05) is 0 Å². The first-order valence-electron chi connectivity index (χ1n) is 7.68. The van der Waals surface area contributed by atoms with Gasteiger partial charge in [0.25, 0.3) is 0 Å². The van der Waals surface area contributed by atoms with Gasteiger partial charge in [0.05, 0.1) is 6.61 Å². The van der Waals surface area contributed by atoms with Crippen molar-refractivity contribution in [3.8, 4) is 0 Å². The van der Waals surface area contributed by atoms with Gasteiger partial charge in [-0.3, -0.25) is 4.90 Å². The fourth-order valence-corrected chi connectivity index (χ4v) is 2.31. The Labute approximate surface area is 113 Å². The van der Waals surface area contributed by atoms with E-state index in [0.717, 1.165) is 32.3 Å². The average Bonchev–Trinajstić information content (AvgIpc) is 3.09. The summed E-state index contributed by atoms with van der Waals surface area (Å²) in [4.78, 5) is 2.48. The van der Waals surface area contributed by atoms with Gasteiger partial charge in [-0.05, 0) is 59.9 Å². The molecule has 0 aromatic rings. The quantitative estimate of drug-likeness (QED) is 0.575. The Bertz CT molecular complexity index is 195. The van der Waals surface area contributed by atoms with Crippen molar-refractivity contribution in [2.45, 2.75) is 71.5 Å². The van der Waals surface area contributed by atoms with Gasteiger partial charge >= 0.3 is 0 Å². The van der Waals surface area contributed by atoms with Gasteiger partial charge in [-0.15, -0.1) is 0 Å². The highest BCUT2D eigenvalue weighted by molar-refractivity contribution is 4.80. The average molecular weight is 256 g/mol. The third kappa shape index (κ3) is 7.34. The lowest BCUT2D eigenvalue weighted by atomic mass is 10.2. The van der Waals surface area contributed by atoms with Gasteiger partial charge < -0.3 is 10.1 Å². The second-order valence-corrected chi connectivity index (χ2v) is 5.97. The Morgan fingerprint density at radius 2 is 1.72 bits per heavy atom. The van der Waals surface area contributed by atoms with Gasteiger partial charge in [-0.25, -0.2) is 0 Å². The molecule has 0 heterocycles. The van der Waals surface area contributed by atoms with E-state index >= 15 is 0 Å². The maximum atomic E-state index is 5.72. The Hall–Kier alpha value is -0.120. The van der Waals surface area contributed by atoms with Crippen molar-refractivity contribution >= 4 is 0 Å². The predicted octanol–water partition coefficient (Wildman–Crippen LogP) is 2.65. The fourth-order valence-electron chi connectivity index (χ4n) is 2.31. The zero-order valence-electron chi connectivity index (χ0n) is 12.7. The van der Waals surface area contributed by atoms with Crippen molar-refractivity contribution in [3.05, 3.63) is 0 Å². The summed E-state index contributed by atoms with van der Waals surface area (Å²) in [5.41, 5.74) is 0. The van der Waals surface area contributed by atoms with Crippen LogP contribution >= 0.6 is 0 Å². The van der Waals surface area contributed by atoms with Crippen LogP contribution < -0.4 is 5.32 Å². The van der Waals surface area contributed by atoms with E-state index in [1.165, 1.54) is 25.7 Å². The van der Waals surface area contributed by atoms with Gasteiger partial charge in [-0.1, -0.05) is 0 Å². The van der Waals surface area contributed by atoms with Crippen LogP contribution in [0.4, 0.5) is 0 Å². The minimum absolute atomic E-state index is 0.608. The van der Waals surface area contributed by atoms with Crippen molar-refractivity contribution < 1.29 is 4.74 Å². The Morgan fingerprint density at radius 3 is 2.28 bits per heavy atom. The van der Waals surface area contributed by atoms with Crippen LogP contribution in [0.25, 0.3) is 0 Å². The molecule has 1 N–H and O–H groups in total. The SMILES string of the molecule is CC(C)N(CCOCCCCNC1CC1)C(C)C. The third-order valence-corrected chi connectivity index (χ3v) is 3.55. The molecule has 3 heteroatoms. The van der Waals surface area contributed by atoms with Gasteiger partial charge in [0, 0.05) is 31.3 Å². The Balaban J connectivity index is 1.86. The molecule has 108 valence electrons. The number of hydrogen-bond acceptors (Lipinski definition) is 3. The number of unbranched alkanes of at least 4 members (excludes halogenated alkanes) is 1. The van der Waals surface area contributed by atoms with Crippen LogP contribution in [0.1, 0.15) is 53.4 Å². The Kier molecular flexibility index (Phi) is 7.87. The lowest BCUT2D eigenvalue weighted by Gasteiger charge is -2.30. The molecule has 0 saturated heterocycles. The van der Waals surface area contributed by atoms with Crippen molar-refractivity contribution in [2.24, 2.45) is 0 Å². The molecule has 1 aliphatic carbocycles. The maximum Gasteiger partial charge on any atom is 0.0593 e. The van der Waals surface area contributed by atoms with Crippen LogP contribution in [-0.2, 0) is 4.74 Å². The summed E-state index contributed by atoms with van der Waals surface area (Å²) in [7, 11) is 0. The normalized spacial score (nSPS) is 16.2. The van der Waals surface area contributed by atoms with Crippen molar-refractivity contribution in [3.63, 3.8) is 0 Å². The lowest BCUT2D eigenvalue weighted by molar-refractivity contribution is 0.0766. The van der Waals surface area contributed by atoms with Gasteiger partial charge in [0.1, 0.15) is 0 Å². The smallest absolute Gasteiger partial charge is 0.0593 e. The van der Waals surface area contributed by atoms with Crippen molar-refractivity contribution in [1.82, 2.24) is 10.2 Å². The number of ether oxygens (including phenoxy) is 1. The zero-order chi connectivity index (χ0) is 13.4. The number of nitrogens with one attached hydrogen (secondary N) is 1. The van der Waals surface area contributed by atoms with Crippen LogP contribution in [0.2, 0.25) is 0 Å². The highest BCUT2D eigenvalue weighted by Gasteiger charge is 2.19. The van der Waals surface area contributed by atoms with Gasteiger partial charge in [-0.2, -0.15) is 0 Å². The van der Waals surface area contributed by atoms with E-state index < -0.39 is 0 Å². The molecule has 0 aliphatic heterocycles. The molecular formula is C15H32N2O. The molecule has 3 nitrogen and oxygen atoms in total. The molecule has 1 aliphatic rings. The predicted molar refractivity (Wildman–Crippen MR) is 78.1 cm³/mol. The topological polar surface area (TPSA) is 24.5 Å². The van der Waals surface area contributed by atoms with Crippen LogP contribution in [0.15, 0.2) is 0 Å². The molecule has 0 bridgehead atoms. The van der Waals surface area contributed by atoms with E-state index in [-0.39, 0.29) is 0 Å². The van der Waals surface area contributed by atoms with Crippen LogP contribution in [-0.4, -0.2) is 49.3 Å². The molecule has 0 radical (unpaired) electrons. The molecule has 0 aromatic heterocycles. The van der Waals surface area contributed by atoms with E-state index in [1.54, 1.807) is 0 Å². The molecule has 1 fully saturated rings. The van der Waals surface area contributed by atoms with E-state index in [4.69, 9.17) is 4.74 Å². The molecule has 1 saturated carbocycles. The molecule has 0 atom stereocenters. The van der Waals surface area contributed by atoms with E-state index in [9.17, 15) is 0 Å². The third-order valence-electron chi connectivity index (χ3n) is 3.55.